The van der Waals surface area contributed by atoms with Gasteiger partial charge in [0.2, 0.25) is 0 Å². The molecule has 6 heteroatoms. The second-order valence-electron chi connectivity index (χ2n) is 3.98. The van der Waals surface area contributed by atoms with Crippen molar-refractivity contribution >= 4 is 23.5 Å². The number of hydrogen-bond donors (Lipinski definition) is 0. The Labute approximate surface area is 110 Å². The molecule has 0 bridgehead atoms. The Morgan fingerprint density at radius 3 is 2.47 bits per heavy atom. The third kappa shape index (κ3) is 7.17. The maximum absolute atomic E-state index is 5.58. The van der Waals surface area contributed by atoms with Crippen LogP contribution in [0.3, 0.4) is 0 Å². The van der Waals surface area contributed by atoms with Crippen molar-refractivity contribution < 1.29 is 9.47 Å². The van der Waals surface area contributed by atoms with Gasteiger partial charge in [0.15, 0.2) is 0 Å². The van der Waals surface area contributed by atoms with Crippen LogP contribution in [0.5, 0.6) is 0 Å². The van der Waals surface area contributed by atoms with Crippen molar-refractivity contribution in [2.45, 2.75) is 45.2 Å². The quantitative estimate of drug-likeness (QED) is 0.649. The van der Waals surface area contributed by atoms with Crippen molar-refractivity contribution in [3.63, 3.8) is 0 Å². The summed E-state index contributed by atoms with van der Waals surface area (Å²) in [6.45, 7) is 11.5. The Kier molecular flexibility index (Phi) is 8.26. The predicted molar refractivity (Wildman–Crippen MR) is 73.7 cm³/mol. The summed E-state index contributed by atoms with van der Waals surface area (Å²) in [4.78, 5) is 2.29. The van der Waals surface area contributed by atoms with Crippen LogP contribution in [0.15, 0.2) is 0 Å². The molecule has 3 nitrogen and oxygen atoms in total. The first-order valence-corrected chi connectivity index (χ1v) is 6.30. The van der Waals surface area contributed by atoms with E-state index in [9.17, 15) is 0 Å². The summed E-state index contributed by atoms with van der Waals surface area (Å²) in [5.74, 6) is 0. The molecule has 17 heavy (non-hydrogen) atoms. The van der Waals surface area contributed by atoms with E-state index in [1.807, 2.05) is 20.8 Å². The van der Waals surface area contributed by atoms with Crippen molar-refractivity contribution in [1.82, 2.24) is 4.90 Å². The first kappa shape index (κ1) is 17.1. The highest BCUT2D eigenvalue weighted by atomic mass is 16.5. The first-order chi connectivity index (χ1) is 7.92. The molecule has 1 aliphatic heterocycles. The minimum Gasteiger partial charge on any atom is -0.397 e. The number of morpholine rings is 1. The molecule has 1 heterocycles. The molecule has 2 unspecified atom stereocenters. The smallest absolute Gasteiger partial charge is 0.0960 e. The van der Waals surface area contributed by atoms with E-state index in [4.69, 9.17) is 33.0 Å². The lowest BCUT2D eigenvalue weighted by Crippen LogP contribution is -2.50. The lowest BCUT2D eigenvalue weighted by molar-refractivity contribution is -0.107. The SMILES string of the molecule is CC.[B]C([B])([B])OC(C)C1CN(CC)CCO1. The zero-order valence-corrected chi connectivity index (χ0v) is 11.5. The normalized spacial score (nSPS) is 23.6. The van der Waals surface area contributed by atoms with Crippen molar-refractivity contribution in [2.24, 2.45) is 0 Å². The second-order valence-corrected chi connectivity index (χ2v) is 3.98. The van der Waals surface area contributed by atoms with Crippen LogP contribution in [-0.4, -0.2) is 72.2 Å². The molecule has 92 valence electrons. The van der Waals surface area contributed by atoms with Gasteiger partial charge in [-0.3, -0.25) is 4.90 Å². The van der Waals surface area contributed by atoms with Gasteiger partial charge in [0.1, 0.15) is 0 Å². The lowest BCUT2D eigenvalue weighted by Gasteiger charge is -2.38. The summed E-state index contributed by atoms with van der Waals surface area (Å²) < 4.78 is 10.8. The van der Waals surface area contributed by atoms with Crippen molar-refractivity contribution in [3.8, 4) is 0 Å². The molecule has 0 saturated carbocycles. The third-order valence-corrected chi connectivity index (χ3v) is 2.54. The zero-order chi connectivity index (χ0) is 13.5. The summed E-state index contributed by atoms with van der Waals surface area (Å²) in [6.07, 6.45) is -0.229. The van der Waals surface area contributed by atoms with Gasteiger partial charge < -0.3 is 9.47 Å². The fourth-order valence-corrected chi connectivity index (χ4v) is 1.70. The van der Waals surface area contributed by atoms with Crippen LogP contribution in [0.25, 0.3) is 0 Å². The molecular weight excluding hydrogens is 211 g/mol. The van der Waals surface area contributed by atoms with E-state index < -0.39 is 5.30 Å². The summed E-state index contributed by atoms with van der Waals surface area (Å²) in [7, 11) is 16.1. The van der Waals surface area contributed by atoms with Gasteiger partial charge in [0.25, 0.3) is 0 Å². The maximum atomic E-state index is 5.58. The van der Waals surface area contributed by atoms with Gasteiger partial charge in [-0.15, -0.1) is 0 Å². The molecule has 0 aromatic rings. The molecule has 0 spiro atoms. The van der Waals surface area contributed by atoms with Crippen LogP contribution < -0.4 is 0 Å². The number of nitrogens with zero attached hydrogens (tertiary/aromatic N) is 1. The topological polar surface area (TPSA) is 21.7 Å². The van der Waals surface area contributed by atoms with E-state index in [0.717, 1.165) is 19.6 Å². The minimum absolute atomic E-state index is 0.0197. The van der Waals surface area contributed by atoms with Crippen molar-refractivity contribution in [3.05, 3.63) is 0 Å². The van der Waals surface area contributed by atoms with Crippen molar-refractivity contribution in [1.29, 1.82) is 0 Å². The van der Waals surface area contributed by atoms with Gasteiger partial charge in [-0.25, -0.2) is 0 Å². The van der Waals surface area contributed by atoms with Crippen molar-refractivity contribution in [2.75, 3.05) is 26.2 Å². The molecule has 0 N–H and O–H groups in total. The van der Waals surface area contributed by atoms with Crippen LogP contribution in [0.1, 0.15) is 27.7 Å². The minimum atomic E-state index is -1.59. The van der Waals surface area contributed by atoms with E-state index in [1.54, 1.807) is 0 Å². The fraction of sp³-hybridized carbons (Fsp3) is 1.00. The van der Waals surface area contributed by atoms with Crippen LogP contribution in [0.2, 0.25) is 0 Å². The van der Waals surface area contributed by atoms with Gasteiger partial charge >= 0.3 is 0 Å². The first-order valence-electron chi connectivity index (χ1n) is 6.30. The Hall–Kier alpha value is 0.0748. The van der Waals surface area contributed by atoms with Gasteiger partial charge in [-0.1, -0.05) is 20.8 Å². The average Bonchev–Trinajstić information content (AvgIpc) is 2.29. The summed E-state index contributed by atoms with van der Waals surface area (Å²) in [5, 5.41) is -1.59. The van der Waals surface area contributed by atoms with Gasteiger partial charge in [-0.05, 0) is 18.8 Å². The number of ether oxygens (including phenoxy) is 2. The standard InChI is InChI=1S/C9H16B3NO2.C2H6/c1-3-13-4-5-14-8(6-13)7(2)15-9(10,11)12;1-2/h7-8H,3-6H2,1-2H3;1-2H3. The Morgan fingerprint density at radius 1 is 1.41 bits per heavy atom. The molecule has 1 fully saturated rings. The largest absolute Gasteiger partial charge is 0.397 e. The third-order valence-electron chi connectivity index (χ3n) is 2.54. The molecule has 2 atom stereocenters. The molecule has 0 aromatic carbocycles. The van der Waals surface area contributed by atoms with E-state index in [-0.39, 0.29) is 12.2 Å². The molecule has 1 aliphatic rings. The average molecular weight is 233 g/mol. The number of rotatable bonds is 4. The fourth-order valence-electron chi connectivity index (χ4n) is 1.70. The van der Waals surface area contributed by atoms with Crippen LogP contribution >= 0.6 is 0 Å². The monoisotopic (exact) mass is 233 g/mol. The van der Waals surface area contributed by atoms with Crippen LogP contribution in [-0.2, 0) is 9.47 Å². The molecular formula is C11H22B3NO2. The predicted octanol–water partition coefficient (Wildman–Crippen LogP) is 0.255. The van der Waals surface area contributed by atoms with E-state index in [0.29, 0.717) is 6.61 Å². The molecule has 0 aliphatic carbocycles. The Balaban J connectivity index is 0.00000121. The lowest BCUT2D eigenvalue weighted by atomic mass is 9.52. The highest BCUT2D eigenvalue weighted by Gasteiger charge is 2.27. The highest BCUT2D eigenvalue weighted by Crippen LogP contribution is 2.13. The molecule has 1 saturated heterocycles. The second kappa shape index (κ2) is 8.22. The Bertz CT molecular complexity index is 200. The van der Waals surface area contributed by atoms with Crippen LogP contribution in [0, 0.1) is 0 Å². The van der Waals surface area contributed by atoms with E-state index in [2.05, 4.69) is 11.8 Å². The number of likely N-dealkylation sites (N-methyl/N-ethyl adjacent to an activating group) is 1. The molecule has 6 radical (unpaired) electrons. The van der Waals surface area contributed by atoms with E-state index >= 15 is 0 Å². The van der Waals surface area contributed by atoms with Crippen LogP contribution in [0.4, 0.5) is 0 Å². The Morgan fingerprint density at radius 2 is 2.00 bits per heavy atom. The molecule has 1 rings (SSSR count). The number of hydrogen-bond acceptors (Lipinski definition) is 3. The molecule has 0 amide bonds. The summed E-state index contributed by atoms with van der Waals surface area (Å²) in [5.41, 5.74) is 0. The molecule has 0 aromatic heterocycles. The summed E-state index contributed by atoms with van der Waals surface area (Å²) >= 11 is 0. The van der Waals surface area contributed by atoms with E-state index in [1.165, 1.54) is 0 Å². The van der Waals surface area contributed by atoms with Gasteiger partial charge in [0.05, 0.1) is 42.4 Å². The van der Waals surface area contributed by atoms with Gasteiger partial charge in [-0.2, -0.15) is 0 Å². The maximum Gasteiger partial charge on any atom is 0.0960 e. The summed E-state index contributed by atoms with van der Waals surface area (Å²) in [6, 6.07) is 0. The zero-order valence-electron chi connectivity index (χ0n) is 11.5. The van der Waals surface area contributed by atoms with Gasteiger partial charge in [0, 0.05) is 13.1 Å². The highest BCUT2D eigenvalue weighted by molar-refractivity contribution is 6.58.